The van der Waals surface area contributed by atoms with Gasteiger partial charge in [-0.15, -0.1) is 0 Å². The van der Waals surface area contributed by atoms with Gasteiger partial charge >= 0.3 is 5.97 Å². The second-order valence-electron chi connectivity index (χ2n) is 4.45. The SMILES string of the molecule is CCCC(CC)Nc1c(Cl)cc([N+](=O)[O-])cc1C(=O)O. The number of nitrogens with zero attached hydrogens (tertiary/aromatic N) is 1. The Labute approximate surface area is 121 Å². The van der Waals surface area contributed by atoms with Crippen molar-refractivity contribution in [3.05, 3.63) is 32.8 Å². The molecule has 0 heterocycles. The molecule has 1 unspecified atom stereocenters. The van der Waals surface area contributed by atoms with Crippen LogP contribution in [0.1, 0.15) is 43.5 Å². The van der Waals surface area contributed by atoms with Gasteiger partial charge in [-0.25, -0.2) is 4.79 Å². The number of halogens is 1. The highest BCUT2D eigenvalue weighted by atomic mass is 35.5. The van der Waals surface area contributed by atoms with Crippen LogP contribution in [0.15, 0.2) is 12.1 Å². The molecule has 0 aliphatic heterocycles. The van der Waals surface area contributed by atoms with Crippen LogP contribution in [0, 0.1) is 10.1 Å². The second-order valence-corrected chi connectivity index (χ2v) is 4.86. The number of aromatic carboxylic acids is 1. The minimum absolute atomic E-state index is 0.0474. The minimum atomic E-state index is -1.25. The van der Waals surface area contributed by atoms with Crippen LogP contribution in [0.25, 0.3) is 0 Å². The fourth-order valence-corrected chi connectivity index (χ4v) is 2.21. The first kappa shape index (κ1) is 16.2. The van der Waals surface area contributed by atoms with Gasteiger partial charge in [-0.2, -0.15) is 0 Å². The molecule has 0 saturated heterocycles. The third kappa shape index (κ3) is 3.84. The minimum Gasteiger partial charge on any atom is -0.478 e. The molecule has 0 amide bonds. The Morgan fingerprint density at radius 3 is 2.60 bits per heavy atom. The Balaban J connectivity index is 3.23. The molecule has 1 rings (SSSR count). The van der Waals surface area contributed by atoms with E-state index in [0.29, 0.717) is 0 Å². The third-order valence-corrected chi connectivity index (χ3v) is 3.29. The number of anilines is 1. The molecule has 0 aliphatic carbocycles. The third-order valence-electron chi connectivity index (χ3n) is 2.99. The van der Waals surface area contributed by atoms with Crippen molar-refractivity contribution in [3.8, 4) is 0 Å². The molecular formula is C13H17ClN2O4. The summed E-state index contributed by atoms with van der Waals surface area (Å²) in [6, 6.07) is 2.27. The van der Waals surface area contributed by atoms with Gasteiger partial charge in [0.1, 0.15) is 0 Å². The zero-order valence-electron chi connectivity index (χ0n) is 11.4. The average Bonchev–Trinajstić information content (AvgIpc) is 2.39. The summed E-state index contributed by atoms with van der Waals surface area (Å²) in [6.07, 6.45) is 2.61. The van der Waals surface area contributed by atoms with Gasteiger partial charge in [-0.3, -0.25) is 10.1 Å². The molecular weight excluding hydrogens is 284 g/mol. The fraction of sp³-hybridized carbons (Fsp3) is 0.462. The monoisotopic (exact) mass is 300 g/mol. The van der Waals surface area contributed by atoms with Gasteiger partial charge in [0.15, 0.2) is 0 Å². The molecule has 7 heteroatoms. The van der Waals surface area contributed by atoms with Crippen LogP contribution in [0.3, 0.4) is 0 Å². The van der Waals surface area contributed by atoms with Crippen LogP contribution in [-0.2, 0) is 0 Å². The van der Waals surface area contributed by atoms with Gasteiger partial charge in [0, 0.05) is 18.2 Å². The van der Waals surface area contributed by atoms with Gasteiger partial charge in [-0.05, 0) is 12.8 Å². The van der Waals surface area contributed by atoms with Crippen LogP contribution in [0.5, 0.6) is 0 Å². The molecule has 20 heavy (non-hydrogen) atoms. The van der Waals surface area contributed by atoms with E-state index in [2.05, 4.69) is 5.32 Å². The maximum atomic E-state index is 11.3. The average molecular weight is 301 g/mol. The Morgan fingerprint density at radius 2 is 2.15 bits per heavy atom. The van der Waals surface area contributed by atoms with Crippen LogP contribution in [0.4, 0.5) is 11.4 Å². The molecule has 1 atom stereocenters. The summed E-state index contributed by atoms with van der Waals surface area (Å²) in [7, 11) is 0. The van der Waals surface area contributed by atoms with E-state index in [1.807, 2.05) is 13.8 Å². The molecule has 0 aromatic heterocycles. The fourth-order valence-electron chi connectivity index (χ4n) is 1.94. The molecule has 0 bridgehead atoms. The summed E-state index contributed by atoms with van der Waals surface area (Å²) in [5, 5.41) is 23.1. The number of carboxylic acid groups (broad SMARTS) is 1. The summed E-state index contributed by atoms with van der Waals surface area (Å²) >= 11 is 5.99. The summed E-state index contributed by atoms with van der Waals surface area (Å²) < 4.78 is 0. The van der Waals surface area contributed by atoms with Crippen molar-refractivity contribution < 1.29 is 14.8 Å². The molecule has 1 aromatic carbocycles. The van der Waals surface area contributed by atoms with Crippen molar-refractivity contribution in [1.82, 2.24) is 0 Å². The highest BCUT2D eigenvalue weighted by Gasteiger charge is 2.21. The first-order chi connectivity index (χ1) is 9.40. The van der Waals surface area contributed by atoms with Crippen molar-refractivity contribution in [2.24, 2.45) is 0 Å². The number of non-ortho nitro benzene ring substituents is 1. The molecule has 0 radical (unpaired) electrons. The summed E-state index contributed by atoms with van der Waals surface area (Å²) in [4.78, 5) is 21.3. The first-order valence-electron chi connectivity index (χ1n) is 6.38. The second kappa shape index (κ2) is 7.09. The molecule has 110 valence electrons. The number of carbonyl (C=O) groups is 1. The Bertz CT molecular complexity index is 519. The van der Waals surface area contributed by atoms with Gasteiger partial charge in [0.2, 0.25) is 0 Å². The molecule has 0 saturated carbocycles. The van der Waals surface area contributed by atoms with E-state index >= 15 is 0 Å². The predicted octanol–water partition coefficient (Wildman–Crippen LogP) is 3.94. The van der Waals surface area contributed by atoms with E-state index in [1.165, 1.54) is 0 Å². The van der Waals surface area contributed by atoms with Crippen molar-refractivity contribution in [2.45, 2.75) is 39.2 Å². The number of carboxylic acids is 1. The molecule has 0 aliphatic rings. The number of benzene rings is 1. The van der Waals surface area contributed by atoms with Crippen molar-refractivity contribution in [3.63, 3.8) is 0 Å². The van der Waals surface area contributed by atoms with Gasteiger partial charge in [-0.1, -0.05) is 31.9 Å². The van der Waals surface area contributed by atoms with Crippen LogP contribution < -0.4 is 5.32 Å². The smallest absolute Gasteiger partial charge is 0.338 e. The topological polar surface area (TPSA) is 92.5 Å². The van der Waals surface area contributed by atoms with E-state index in [1.54, 1.807) is 0 Å². The molecule has 1 aromatic rings. The van der Waals surface area contributed by atoms with Gasteiger partial charge in [0.05, 0.1) is 21.2 Å². The van der Waals surface area contributed by atoms with E-state index in [0.717, 1.165) is 31.4 Å². The Kier molecular flexibility index (Phi) is 5.76. The summed E-state index contributed by atoms with van der Waals surface area (Å²) in [5.41, 5.74) is -0.273. The molecule has 6 nitrogen and oxygen atoms in total. The van der Waals surface area contributed by atoms with Crippen molar-refractivity contribution in [1.29, 1.82) is 0 Å². The van der Waals surface area contributed by atoms with Crippen molar-refractivity contribution >= 4 is 28.9 Å². The molecule has 2 N–H and O–H groups in total. The lowest BCUT2D eigenvalue weighted by molar-refractivity contribution is -0.384. The number of nitro benzene ring substituents is 1. The summed E-state index contributed by atoms with van der Waals surface area (Å²) in [5.74, 6) is -1.25. The number of nitro groups is 1. The predicted molar refractivity (Wildman–Crippen MR) is 77.7 cm³/mol. The molecule has 0 spiro atoms. The van der Waals surface area contributed by atoms with Crippen LogP contribution in [-0.4, -0.2) is 22.0 Å². The Morgan fingerprint density at radius 1 is 1.50 bits per heavy atom. The highest BCUT2D eigenvalue weighted by Crippen LogP contribution is 2.32. The quantitative estimate of drug-likeness (QED) is 0.588. The van der Waals surface area contributed by atoms with E-state index in [4.69, 9.17) is 11.6 Å². The lowest BCUT2D eigenvalue weighted by atomic mass is 10.1. The first-order valence-corrected chi connectivity index (χ1v) is 6.76. The van der Waals surface area contributed by atoms with Gasteiger partial charge < -0.3 is 10.4 Å². The molecule has 0 fully saturated rings. The zero-order valence-corrected chi connectivity index (χ0v) is 12.1. The van der Waals surface area contributed by atoms with Crippen LogP contribution >= 0.6 is 11.6 Å². The lowest BCUT2D eigenvalue weighted by Crippen LogP contribution is -2.20. The van der Waals surface area contributed by atoms with Crippen molar-refractivity contribution in [2.75, 3.05) is 5.32 Å². The van der Waals surface area contributed by atoms with E-state index in [-0.39, 0.29) is 28.0 Å². The maximum Gasteiger partial charge on any atom is 0.338 e. The number of hydrogen-bond acceptors (Lipinski definition) is 4. The lowest BCUT2D eigenvalue weighted by Gasteiger charge is -2.20. The highest BCUT2D eigenvalue weighted by molar-refractivity contribution is 6.34. The van der Waals surface area contributed by atoms with E-state index in [9.17, 15) is 20.0 Å². The van der Waals surface area contributed by atoms with Gasteiger partial charge in [0.25, 0.3) is 5.69 Å². The zero-order chi connectivity index (χ0) is 15.3. The Hall–Kier alpha value is -1.82. The van der Waals surface area contributed by atoms with Crippen LogP contribution in [0.2, 0.25) is 5.02 Å². The largest absolute Gasteiger partial charge is 0.478 e. The summed E-state index contributed by atoms with van der Waals surface area (Å²) in [6.45, 7) is 4.01. The number of hydrogen-bond donors (Lipinski definition) is 2. The standard InChI is InChI=1S/C13H17ClN2O4/c1-3-5-8(4-2)15-12-10(13(17)18)6-9(16(19)20)7-11(12)14/h6-8,15H,3-5H2,1-2H3,(H,17,18). The number of nitrogens with one attached hydrogen (secondary N) is 1. The van der Waals surface area contributed by atoms with E-state index < -0.39 is 10.9 Å². The maximum absolute atomic E-state index is 11.3. The number of rotatable bonds is 7. The normalized spacial score (nSPS) is 11.9.